The van der Waals surface area contributed by atoms with Gasteiger partial charge in [0.25, 0.3) is 6.47 Å². The minimum Gasteiger partial charge on any atom is -0.467 e. The molecule has 11 heavy (non-hydrogen) atoms. The molecule has 0 aromatic carbocycles. The maximum atomic E-state index is 9.86. The van der Waals surface area contributed by atoms with Crippen molar-refractivity contribution in [1.29, 1.82) is 0 Å². The lowest BCUT2D eigenvalue weighted by Crippen LogP contribution is -2.00. The lowest BCUT2D eigenvalue weighted by Gasteiger charge is -2.05. The van der Waals surface area contributed by atoms with E-state index in [-0.39, 0.29) is 0 Å². The van der Waals surface area contributed by atoms with Gasteiger partial charge in [-0.05, 0) is 11.4 Å². The van der Waals surface area contributed by atoms with Gasteiger partial charge in [0.2, 0.25) is 0 Å². The summed E-state index contributed by atoms with van der Waals surface area (Å²) in [5.74, 6) is 0.320. The van der Waals surface area contributed by atoms with Crippen LogP contribution in [0.5, 0.6) is 0 Å². The molecule has 1 atom stereocenters. The van der Waals surface area contributed by atoms with Crippen LogP contribution in [0, 0.1) is 0 Å². The molecule has 1 rings (SSSR count). The molecule has 0 fully saturated rings. The minimum atomic E-state index is 0.320. The summed E-state index contributed by atoms with van der Waals surface area (Å²) in [5, 5.41) is 2.02. The second-order valence-corrected chi connectivity index (χ2v) is 3.33. The first-order valence-corrected chi connectivity index (χ1v) is 4.31. The number of carbonyl (C=O) groups is 1. The Morgan fingerprint density at radius 3 is 3.18 bits per heavy atom. The monoisotopic (exact) mass is 170 g/mol. The first kappa shape index (κ1) is 8.27. The van der Waals surface area contributed by atoms with Crippen LogP contribution in [0.4, 0.5) is 0 Å². The van der Waals surface area contributed by atoms with E-state index in [1.165, 1.54) is 4.88 Å². The molecule has 1 aromatic rings. The van der Waals surface area contributed by atoms with Crippen molar-refractivity contribution in [3.63, 3.8) is 0 Å². The molecule has 2 nitrogen and oxygen atoms in total. The molecule has 0 aliphatic rings. The molecule has 0 amide bonds. The van der Waals surface area contributed by atoms with Crippen LogP contribution in [-0.4, -0.2) is 13.1 Å². The van der Waals surface area contributed by atoms with Gasteiger partial charge in [0.15, 0.2) is 0 Å². The Morgan fingerprint density at radius 1 is 1.82 bits per heavy atom. The number of hydrogen-bond acceptors (Lipinski definition) is 3. The summed E-state index contributed by atoms with van der Waals surface area (Å²) in [6, 6.07) is 4.04. The predicted molar refractivity (Wildman–Crippen MR) is 44.8 cm³/mol. The van der Waals surface area contributed by atoms with Gasteiger partial charge in [-0.25, -0.2) is 0 Å². The van der Waals surface area contributed by atoms with E-state index in [1.807, 2.05) is 24.4 Å². The van der Waals surface area contributed by atoms with Gasteiger partial charge in [-0.1, -0.05) is 13.0 Å². The van der Waals surface area contributed by atoms with Crippen molar-refractivity contribution in [1.82, 2.24) is 0 Å². The van der Waals surface area contributed by atoms with Gasteiger partial charge in [0.05, 0.1) is 6.61 Å². The summed E-state index contributed by atoms with van der Waals surface area (Å²) in [4.78, 5) is 11.1. The molecule has 1 heterocycles. The fraction of sp³-hybridized carbons (Fsp3) is 0.375. The number of carbonyl (C=O) groups excluding carboxylic acids is 1. The van der Waals surface area contributed by atoms with E-state index in [1.54, 1.807) is 11.3 Å². The Hall–Kier alpha value is -0.830. The molecule has 3 heteroatoms. The Labute approximate surface area is 69.8 Å². The SMILES string of the molecule is C[C@H](COC=O)c1cccs1. The van der Waals surface area contributed by atoms with Crippen molar-refractivity contribution < 1.29 is 9.53 Å². The van der Waals surface area contributed by atoms with Gasteiger partial charge in [-0.3, -0.25) is 4.79 Å². The molecule has 0 bridgehead atoms. The Morgan fingerprint density at radius 2 is 2.64 bits per heavy atom. The molecule has 1 aromatic heterocycles. The van der Waals surface area contributed by atoms with Crippen molar-refractivity contribution in [2.75, 3.05) is 6.61 Å². The first-order chi connectivity index (χ1) is 5.34. The zero-order valence-electron chi connectivity index (χ0n) is 6.32. The van der Waals surface area contributed by atoms with Crippen LogP contribution in [-0.2, 0) is 9.53 Å². The van der Waals surface area contributed by atoms with E-state index in [0.717, 1.165) is 0 Å². The highest BCUT2D eigenvalue weighted by Gasteiger charge is 2.05. The topological polar surface area (TPSA) is 26.3 Å². The third-order valence-corrected chi connectivity index (χ3v) is 2.55. The number of ether oxygens (including phenoxy) is 1. The maximum Gasteiger partial charge on any atom is 0.293 e. The van der Waals surface area contributed by atoms with Crippen LogP contribution >= 0.6 is 11.3 Å². The molecule has 0 N–H and O–H groups in total. The standard InChI is InChI=1S/C8H10O2S/c1-7(5-10-6-9)8-3-2-4-11-8/h2-4,6-7H,5H2,1H3/t7-/m1/s1. The summed E-state index contributed by atoms with van der Waals surface area (Å²) in [7, 11) is 0. The predicted octanol–water partition coefficient (Wildman–Crippen LogP) is 2.02. The third kappa shape index (κ3) is 2.35. The average molecular weight is 170 g/mol. The van der Waals surface area contributed by atoms with E-state index in [4.69, 9.17) is 0 Å². The molecule has 0 spiro atoms. The van der Waals surface area contributed by atoms with Gasteiger partial charge in [0, 0.05) is 10.8 Å². The van der Waals surface area contributed by atoms with Gasteiger partial charge in [-0.15, -0.1) is 11.3 Å². The van der Waals surface area contributed by atoms with E-state index in [9.17, 15) is 4.79 Å². The second-order valence-electron chi connectivity index (χ2n) is 2.35. The number of hydrogen-bond donors (Lipinski definition) is 0. The van der Waals surface area contributed by atoms with E-state index in [2.05, 4.69) is 4.74 Å². The molecule has 0 aliphatic carbocycles. The normalized spacial score (nSPS) is 12.5. The summed E-state index contributed by atoms with van der Waals surface area (Å²) in [6.07, 6.45) is 0. The van der Waals surface area contributed by atoms with E-state index >= 15 is 0 Å². The van der Waals surface area contributed by atoms with Gasteiger partial charge in [-0.2, -0.15) is 0 Å². The van der Waals surface area contributed by atoms with E-state index in [0.29, 0.717) is 19.0 Å². The molecule has 0 aliphatic heterocycles. The van der Waals surface area contributed by atoms with Crippen molar-refractivity contribution in [3.8, 4) is 0 Å². The third-order valence-electron chi connectivity index (χ3n) is 1.44. The Balaban J connectivity index is 2.42. The molecule has 0 radical (unpaired) electrons. The van der Waals surface area contributed by atoms with Crippen LogP contribution in [0.2, 0.25) is 0 Å². The van der Waals surface area contributed by atoms with Crippen molar-refractivity contribution in [2.45, 2.75) is 12.8 Å². The molecular weight excluding hydrogens is 160 g/mol. The highest BCUT2D eigenvalue weighted by atomic mass is 32.1. The molecular formula is C8H10O2S. The maximum absolute atomic E-state index is 9.86. The van der Waals surface area contributed by atoms with Crippen molar-refractivity contribution >= 4 is 17.8 Å². The highest BCUT2D eigenvalue weighted by molar-refractivity contribution is 7.10. The molecule has 0 unspecified atom stereocenters. The summed E-state index contributed by atoms with van der Waals surface area (Å²) < 4.78 is 4.65. The quantitative estimate of drug-likeness (QED) is 0.646. The Bertz CT molecular complexity index is 206. The number of rotatable bonds is 4. The van der Waals surface area contributed by atoms with E-state index < -0.39 is 0 Å². The first-order valence-electron chi connectivity index (χ1n) is 3.43. The van der Waals surface area contributed by atoms with Crippen molar-refractivity contribution in [2.24, 2.45) is 0 Å². The van der Waals surface area contributed by atoms with Gasteiger partial charge in [0.1, 0.15) is 0 Å². The smallest absolute Gasteiger partial charge is 0.293 e. The largest absolute Gasteiger partial charge is 0.467 e. The minimum absolute atomic E-state index is 0.320. The van der Waals surface area contributed by atoms with Gasteiger partial charge >= 0.3 is 0 Å². The van der Waals surface area contributed by atoms with Crippen LogP contribution < -0.4 is 0 Å². The summed E-state index contributed by atoms with van der Waals surface area (Å²) in [6.45, 7) is 3.00. The fourth-order valence-electron chi connectivity index (χ4n) is 0.837. The summed E-state index contributed by atoms with van der Waals surface area (Å²) >= 11 is 1.69. The molecule has 60 valence electrons. The summed E-state index contributed by atoms with van der Waals surface area (Å²) in [5.41, 5.74) is 0. The average Bonchev–Trinajstić information content (AvgIpc) is 2.52. The van der Waals surface area contributed by atoms with Crippen LogP contribution in [0.1, 0.15) is 17.7 Å². The number of thiophene rings is 1. The van der Waals surface area contributed by atoms with Gasteiger partial charge < -0.3 is 4.74 Å². The second kappa shape index (κ2) is 4.13. The Kier molecular flexibility index (Phi) is 3.11. The lowest BCUT2D eigenvalue weighted by atomic mass is 10.1. The molecule has 0 saturated heterocycles. The van der Waals surface area contributed by atoms with Crippen LogP contribution in [0.25, 0.3) is 0 Å². The zero-order valence-corrected chi connectivity index (χ0v) is 7.14. The van der Waals surface area contributed by atoms with Crippen molar-refractivity contribution in [3.05, 3.63) is 22.4 Å². The van der Waals surface area contributed by atoms with Crippen LogP contribution in [0.15, 0.2) is 17.5 Å². The fourth-order valence-corrected chi connectivity index (χ4v) is 1.61. The zero-order chi connectivity index (χ0) is 8.10. The lowest BCUT2D eigenvalue weighted by molar-refractivity contribution is -0.129. The molecule has 0 saturated carbocycles. The highest BCUT2D eigenvalue weighted by Crippen LogP contribution is 2.20. The van der Waals surface area contributed by atoms with Crippen LogP contribution in [0.3, 0.4) is 0 Å².